The van der Waals surface area contributed by atoms with Crippen molar-refractivity contribution in [1.29, 1.82) is 0 Å². The van der Waals surface area contributed by atoms with Gasteiger partial charge in [0.15, 0.2) is 5.60 Å². The molecule has 1 heterocycles. The summed E-state index contributed by atoms with van der Waals surface area (Å²) >= 11 is 0. The normalized spacial score (nSPS) is 38.0. The number of nitrogens with zero attached hydrogens (tertiary/aromatic N) is 1. The predicted octanol–water partition coefficient (Wildman–Crippen LogP) is 1.67. The van der Waals surface area contributed by atoms with E-state index in [0.717, 1.165) is 54.9 Å². The maximum atomic E-state index is 6.79. The minimum atomic E-state index is -0.885. The van der Waals surface area contributed by atoms with Crippen molar-refractivity contribution in [3.8, 4) is 5.75 Å². The second-order valence-corrected chi connectivity index (χ2v) is 11.1. The maximum absolute atomic E-state index is 6.79. The van der Waals surface area contributed by atoms with E-state index in [1.165, 1.54) is 19.3 Å². The Morgan fingerprint density at radius 1 is 1.03 bits per heavy atom. The largest absolute Gasteiger partial charge is 1.00 e. The second-order valence-electron chi connectivity index (χ2n) is 11.1. The van der Waals surface area contributed by atoms with Gasteiger partial charge in [-0.2, -0.15) is 4.89 Å². The first kappa shape index (κ1) is 26.4. The third-order valence-electron chi connectivity index (χ3n) is 9.54. The quantitative estimate of drug-likeness (QED) is 0.334. The molecule has 1 aromatic rings. The van der Waals surface area contributed by atoms with Crippen molar-refractivity contribution in [1.82, 2.24) is 0 Å². The Balaban J connectivity index is 0.00000274. The number of hydrogen-bond donors (Lipinski definition) is 0. The lowest BCUT2D eigenvalue weighted by Crippen LogP contribution is -3.00. The number of methoxy groups -OCH3 is 1. The number of ether oxygens (including phenoxy) is 3. The Kier molecular flexibility index (Phi) is 7.47. The highest BCUT2D eigenvalue weighted by Gasteiger charge is 2.78. The lowest BCUT2D eigenvalue weighted by atomic mass is 9.45. The molecule has 192 valence electrons. The van der Waals surface area contributed by atoms with Gasteiger partial charge in [0.25, 0.3) is 5.79 Å². The average Bonchev–Trinajstić information content (AvgIpc) is 2.79. The monoisotopic (exact) mass is 539 g/mol. The first-order valence-electron chi connectivity index (χ1n) is 13.0. The Morgan fingerprint density at radius 3 is 2.29 bits per heavy atom. The Labute approximate surface area is 215 Å². The van der Waals surface area contributed by atoms with E-state index in [-0.39, 0.29) is 22.6 Å². The van der Waals surface area contributed by atoms with Crippen LogP contribution in [-0.4, -0.2) is 62.7 Å². The van der Waals surface area contributed by atoms with Crippen molar-refractivity contribution in [3.05, 3.63) is 29.8 Å². The standard InChI is InChI=1S/C27H42NO5.BrH/c1-6-28(4,7-2)12-13-31-25-17-20-14-22(18-25)26(23(15-20)19-25)27(29-5,33-32-26)21-10-9-11-24(16-21)30-8-3;/h9-11,16,20,22-23H,6-8,12-15,17-19H2,1-5H3;1H/q+1;/p-1. The van der Waals surface area contributed by atoms with Crippen LogP contribution < -0.4 is 21.7 Å². The molecule has 4 aliphatic carbocycles. The molecule has 4 bridgehead atoms. The Hall–Kier alpha value is -0.700. The minimum absolute atomic E-state index is 0. The summed E-state index contributed by atoms with van der Waals surface area (Å²) in [6.45, 7) is 11.4. The van der Waals surface area contributed by atoms with Gasteiger partial charge in [0.2, 0.25) is 0 Å². The van der Waals surface area contributed by atoms with Gasteiger partial charge in [-0.15, -0.1) is 0 Å². The second kappa shape index (κ2) is 9.64. The van der Waals surface area contributed by atoms with Crippen LogP contribution in [0.25, 0.3) is 0 Å². The molecule has 0 N–H and O–H groups in total. The van der Waals surface area contributed by atoms with E-state index >= 15 is 0 Å². The van der Waals surface area contributed by atoms with Gasteiger partial charge in [-0.05, 0) is 70.9 Å². The first-order chi connectivity index (χ1) is 15.9. The van der Waals surface area contributed by atoms with Crippen LogP contribution in [0.15, 0.2) is 24.3 Å². The van der Waals surface area contributed by atoms with Crippen LogP contribution in [0.4, 0.5) is 0 Å². The molecule has 0 aromatic heterocycles. The molecule has 34 heavy (non-hydrogen) atoms. The zero-order valence-corrected chi connectivity index (χ0v) is 23.1. The van der Waals surface area contributed by atoms with Crippen molar-refractivity contribution in [2.24, 2.45) is 17.8 Å². The van der Waals surface area contributed by atoms with Crippen LogP contribution in [0.5, 0.6) is 5.75 Å². The van der Waals surface area contributed by atoms with E-state index in [2.05, 4.69) is 33.0 Å². The number of likely N-dealkylation sites (N-methyl/N-ethyl adjacent to an activating group) is 1. The van der Waals surface area contributed by atoms with Crippen molar-refractivity contribution in [2.45, 2.75) is 69.9 Å². The maximum Gasteiger partial charge on any atom is 0.260 e. The van der Waals surface area contributed by atoms with Crippen LogP contribution >= 0.6 is 0 Å². The van der Waals surface area contributed by atoms with Crippen LogP contribution in [0.3, 0.4) is 0 Å². The minimum Gasteiger partial charge on any atom is -1.00 e. The summed E-state index contributed by atoms with van der Waals surface area (Å²) in [5, 5.41) is 0. The van der Waals surface area contributed by atoms with E-state index in [4.69, 9.17) is 24.0 Å². The van der Waals surface area contributed by atoms with Crippen LogP contribution in [0.1, 0.15) is 58.4 Å². The highest BCUT2D eigenvalue weighted by molar-refractivity contribution is 5.36. The summed E-state index contributed by atoms with van der Waals surface area (Å²) in [5.41, 5.74) is 0.525. The molecule has 6 nitrogen and oxygen atoms in total. The molecular weight excluding hydrogens is 498 g/mol. The topological polar surface area (TPSA) is 46.2 Å². The summed E-state index contributed by atoms with van der Waals surface area (Å²) in [7, 11) is 4.09. The van der Waals surface area contributed by atoms with Crippen molar-refractivity contribution >= 4 is 0 Å². The average molecular weight is 541 g/mol. The van der Waals surface area contributed by atoms with Crippen LogP contribution in [0.2, 0.25) is 0 Å². The van der Waals surface area contributed by atoms with E-state index in [1.807, 2.05) is 19.1 Å². The van der Waals surface area contributed by atoms with Gasteiger partial charge in [0.1, 0.15) is 12.3 Å². The first-order valence-corrected chi connectivity index (χ1v) is 13.0. The molecule has 3 unspecified atom stereocenters. The lowest BCUT2D eigenvalue weighted by molar-refractivity contribution is -0.906. The van der Waals surface area contributed by atoms with Gasteiger partial charge in [-0.25, -0.2) is 4.89 Å². The van der Waals surface area contributed by atoms with Crippen LogP contribution in [0, 0.1) is 17.8 Å². The Bertz CT molecular complexity index is 841. The molecule has 7 heteroatoms. The molecular formula is C27H42BrNO5. The Morgan fingerprint density at radius 2 is 1.74 bits per heavy atom. The molecule has 4 saturated carbocycles. The predicted molar refractivity (Wildman–Crippen MR) is 126 cm³/mol. The molecule has 5 aliphatic rings. The number of rotatable bonds is 10. The molecule has 1 aromatic carbocycles. The van der Waals surface area contributed by atoms with E-state index in [0.29, 0.717) is 24.4 Å². The summed E-state index contributed by atoms with van der Waals surface area (Å²) in [5.74, 6) is 1.40. The molecule has 1 saturated heterocycles. The van der Waals surface area contributed by atoms with Crippen molar-refractivity contribution in [3.63, 3.8) is 0 Å². The van der Waals surface area contributed by atoms with Gasteiger partial charge >= 0.3 is 0 Å². The van der Waals surface area contributed by atoms with E-state index in [1.54, 1.807) is 7.11 Å². The molecule has 1 aliphatic heterocycles. The molecule has 6 rings (SSSR count). The van der Waals surface area contributed by atoms with Gasteiger partial charge < -0.3 is 35.7 Å². The fourth-order valence-corrected chi connectivity index (χ4v) is 7.52. The summed E-state index contributed by atoms with van der Waals surface area (Å²) in [6, 6.07) is 8.15. The highest BCUT2D eigenvalue weighted by atomic mass is 79.9. The number of benzene rings is 1. The summed E-state index contributed by atoms with van der Waals surface area (Å²) in [4.78, 5) is 12.1. The summed E-state index contributed by atoms with van der Waals surface area (Å²) < 4.78 is 19.9. The molecule has 5 fully saturated rings. The number of halogens is 1. The van der Waals surface area contributed by atoms with Crippen LogP contribution in [-0.2, 0) is 25.0 Å². The lowest BCUT2D eigenvalue weighted by Gasteiger charge is -2.70. The zero-order valence-electron chi connectivity index (χ0n) is 21.5. The van der Waals surface area contributed by atoms with Crippen molar-refractivity contribution < 1.29 is 45.5 Å². The van der Waals surface area contributed by atoms with Gasteiger partial charge in [0.05, 0.1) is 39.0 Å². The molecule has 0 radical (unpaired) electrons. The van der Waals surface area contributed by atoms with Crippen molar-refractivity contribution in [2.75, 3.05) is 47.0 Å². The number of quaternary nitrogens is 1. The fraction of sp³-hybridized carbons (Fsp3) is 0.778. The SMILES string of the molecule is CCOc1cccc(C2(OC)OOC23C2CC4CC3CC(OCC[N+](C)(CC)CC)(C4)C2)c1.[Br-]. The molecule has 0 amide bonds. The summed E-state index contributed by atoms with van der Waals surface area (Å²) in [6.07, 6.45) is 5.58. The third-order valence-corrected chi connectivity index (χ3v) is 9.54. The molecule has 3 atom stereocenters. The highest BCUT2D eigenvalue weighted by Crippen LogP contribution is 2.70. The van der Waals surface area contributed by atoms with Gasteiger partial charge in [-0.1, -0.05) is 12.1 Å². The van der Waals surface area contributed by atoms with E-state index < -0.39 is 11.4 Å². The zero-order chi connectivity index (χ0) is 23.3. The van der Waals surface area contributed by atoms with E-state index in [9.17, 15) is 0 Å². The smallest absolute Gasteiger partial charge is 0.260 e. The molecule has 1 spiro atoms. The fourth-order valence-electron chi connectivity index (χ4n) is 7.52. The third kappa shape index (κ3) is 3.86. The van der Waals surface area contributed by atoms with Gasteiger partial charge in [-0.3, -0.25) is 0 Å². The number of hydrogen-bond acceptors (Lipinski definition) is 5. The van der Waals surface area contributed by atoms with Gasteiger partial charge in [0, 0.05) is 24.5 Å².